The van der Waals surface area contributed by atoms with E-state index < -0.39 is 0 Å². The molecule has 0 amide bonds. The highest BCUT2D eigenvalue weighted by Gasteiger charge is 2.17. The van der Waals surface area contributed by atoms with Crippen LogP contribution < -0.4 is 0 Å². The van der Waals surface area contributed by atoms with Crippen LogP contribution in [0.2, 0.25) is 0 Å². The highest BCUT2D eigenvalue weighted by atomic mass is 14.2. The van der Waals surface area contributed by atoms with Crippen LogP contribution in [0.3, 0.4) is 0 Å². The summed E-state index contributed by atoms with van der Waals surface area (Å²) >= 11 is 0. The van der Waals surface area contributed by atoms with Gasteiger partial charge in [-0.3, -0.25) is 0 Å². The molecule has 0 heterocycles. The molecule has 0 bridgehead atoms. The van der Waals surface area contributed by atoms with Crippen LogP contribution >= 0.6 is 0 Å². The normalized spacial score (nSPS) is 11.1. The SMILES string of the molecule is C=C(C(=C)C(C)(C)C)c1ccccc1. The molecule has 0 aliphatic heterocycles. The van der Waals surface area contributed by atoms with Crippen molar-refractivity contribution in [2.45, 2.75) is 20.8 Å². The van der Waals surface area contributed by atoms with Crippen molar-refractivity contribution < 1.29 is 0 Å². The summed E-state index contributed by atoms with van der Waals surface area (Å²) in [4.78, 5) is 0. The van der Waals surface area contributed by atoms with E-state index in [0.717, 1.165) is 16.7 Å². The lowest BCUT2D eigenvalue weighted by Gasteiger charge is -2.23. The molecular weight excluding hydrogens is 168 g/mol. The van der Waals surface area contributed by atoms with Crippen molar-refractivity contribution in [3.05, 3.63) is 54.6 Å². The van der Waals surface area contributed by atoms with Gasteiger partial charge in [-0.2, -0.15) is 0 Å². The fourth-order valence-corrected chi connectivity index (χ4v) is 1.27. The van der Waals surface area contributed by atoms with Gasteiger partial charge in [0, 0.05) is 0 Å². The van der Waals surface area contributed by atoms with Crippen LogP contribution in [0, 0.1) is 5.41 Å². The van der Waals surface area contributed by atoms with E-state index in [9.17, 15) is 0 Å². The van der Waals surface area contributed by atoms with Crippen LogP contribution in [0.1, 0.15) is 26.3 Å². The van der Waals surface area contributed by atoms with Crippen molar-refractivity contribution in [2.24, 2.45) is 5.41 Å². The van der Waals surface area contributed by atoms with Crippen molar-refractivity contribution >= 4 is 5.57 Å². The summed E-state index contributed by atoms with van der Waals surface area (Å²) in [5.74, 6) is 0. The topological polar surface area (TPSA) is 0 Å². The number of benzene rings is 1. The molecule has 1 rings (SSSR count). The standard InChI is InChI=1S/C14H18/c1-11(12(2)14(3,4)5)13-9-7-6-8-10-13/h6-10H,1-2H2,3-5H3. The summed E-state index contributed by atoms with van der Waals surface area (Å²) in [6, 6.07) is 10.2. The zero-order chi connectivity index (χ0) is 10.8. The second kappa shape index (κ2) is 3.83. The Balaban J connectivity index is 2.93. The zero-order valence-electron chi connectivity index (χ0n) is 9.30. The molecule has 0 fully saturated rings. The number of hydrogen-bond acceptors (Lipinski definition) is 0. The van der Waals surface area contributed by atoms with Gasteiger partial charge in [0.05, 0.1) is 0 Å². The monoisotopic (exact) mass is 186 g/mol. The molecule has 0 radical (unpaired) electrons. The fourth-order valence-electron chi connectivity index (χ4n) is 1.27. The van der Waals surface area contributed by atoms with Crippen molar-refractivity contribution in [3.8, 4) is 0 Å². The van der Waals surface area contributed by atoms with Gasteiger partial charge in [-0.25, -0.2) is 0 Å². The highest BCUT2D eigenvalue weighted by molar-refractivity contribution is 5.77. The van der Waals surface area contributed by atoms with Crippen LogP contribution in [-0.4, -0.2) is 0 Å². The Hall–Kier alpha value is -1.30. The lowest BCUT2D eigenvalue weighted by molar-refractivity contribution is 0.523. The lowest BCUT2D eigenvalue weighted by atomic mass is 9.81. The van der Waals surface area contributed by atoms with Crippen molar-refractivity contribution in [1.82, 2.24) is 0 Å². The number of rotatable bonds is 2. The quantitative estimate of drug-likeness (QED) is 0.604. The average Bonchev–Trinajstić information content (AvgIpc) is 2.15. The Labute approximate surface area is 87.0 Å². The molecule has 0 nitrogen and oxygen atoms in total. The van der Waals surface area contributed by atoms with Crippen LogP contribution in [0.4, 0.5) is 0 Å². The minimum absolute atomic E-state index is 0.0902. The number of hydrogen-bond donors (Lipinski definition) is 0. The van der Waals surface area contributed by atoms with E-state index in [0.29, 0.717) is 0 Å². The molecule has 0 saturated heterocycles. The van der Waals surface area contributed by atoms with Gasteiger partial charge in [0.2, 0.25) is 0 Å². The second-order valence-electron chi connectivity index (χ2n) is 4.57. The Morgan fingerprint density at radius 1 is 1.00 bits per heavy atom. The first-order chi connectivity index (χ1) is 6.43. The van der Waals surface area contributed by atoms with E-state index in [1.165, 1.54) is 0 Å². The van der Waals surface area contributed by atoms with Gasteiger partial charge in [-0.1, -0.05) is 64.3 Å². The van der Waals surface area contributed by atoms with Crippen LogP contribution in [0.25, 0.3) is 5.57 Å². The van der Waals surface area contributed by atoms with E-state index in [4.69, 9.17) is 0 Å². The first-order valence-corrected chi connectivity index (χ1v) is 4.87. The molecule has 0 aliphatic carbocycles. The predicted molar refractivity (Wildman–Crippen MR) is 64.1 cm³/mol. The fraction of sp³-hybridized carbons (Fsp3) is 0.286. The van der Waals surface area contributed by atoms with Gasteiger partial charge in [0.1, 0.15) is 0 Å². The van der Waals surface area contributed by atoms with Gasteiger partial charge in [0.25, 0.3) is 0 Å². The molecule has 1 aromatic rings. The third kappa shape index (κ3) is 2.35. The van der Waals surface area contributed by atoms with Gasteiger partial charge in [0.15, 0.2) is 0 Å². The molecule has 74 valence electrons. The molecule has 0 atom stereocenters. The van der Waals surface area contributed by atoms with E-state index in [2.05, 4.69) is 46.1 Å². The van der Waals surface area contributed by atoms with Crippen LogP contribution in [-0.2, 0) is 0 Å². The Morgan fingerprint density at radius 2 is 1.50 bits per heavy atom. The molecular formula is C14H18. The minimum atomic E-state index is 0.0902. The maximum atomic E-state index is 4.10. The molecule has 0 N–H and O–H groups in total. The number of allylic oxidation sites excluding steroid dienone is 2. The van der Waals surface area contributed by atoms with Gasteiger partial charge in [-0.05, 0) is 22.1 Å². The summed E-state index contributed by atoms with van der Waals surface area (Å²) in [7, 11) is 0. The van der Waals surface area contributed by atoms with E-state index in [1.807, 2.05) is 18.2 Å². The van der Waals surface area contributed by atoms with Gasteiger partial charge < -0.3 is 0 Å². The smallest absolute Gasteiger partial charge is 0.0132 e. The molecule has 1 aromatic carbocycles. The van der Waals surface area contributed by atoms with Crippen molar-refractivity contribution in [3.63, 3.8) is 0 Å². The Morgan fingerprint density at radius 3 is 1.93 bits per heavy atom. The maximum absolute atomic E-state index is 4.10. The second-order valence-corrected chi connectivity index (χ2v) is 4.57. The molecule has 0 aliphatic rings. The zero-order valence-corrected chi connectivity index (χ0v) is 9.30. The Bertz CT molecular complexity index is 336. The summed E-state index contributed by atoms with van der Waals surface area (Å²) in [5.41, 5.74) is 3.39. The minimum Gasteiger partial charge on any atom is -0.0947 e. The van der Waals surface area contributed by atoms with Gasteiger partial charge >= 0.3 is 0 Å². The molecule has 0 saturated carbocycles. The summed E-state index contributed by atoms with van der Waals surface area (Å²) in [5, 5.41) is 0. The molecule has 0 unspecified atom stereocenters. The Kier molecular flexibility index (Phi) is 2.95. The first-order valence-electron chi connectivity index (χ1n) is 4.87. The summed E-state index contributed by atoms with van der Waals surface area (Å²) in [6.45, 7) is 14.7. The predicted octanol–water partition coefficient (Wildman–Crippen LogP) is 4.30. The average molecular weight is 186 g/mol. The van der Waals surface area contributed by atoms with Crippen LogP contribution in [0.5, 0.6) is 0 Å². The first kappa shape index (κ1) is 10.8. The van der Waals surface area contributed by atoms with E-state index in [-0.39, 0.29) is 5.41 Å². The molecule has 0 heteroatoms. The molecule has 14 heavy (non-hydrogen) atoms. The molecule has 0 aromatic heterocycles. The summed E-state index contributed by atoms with van der Waals surface area (Å²) in [6.07, 6.45) is 0. The van der Waals surface area contributed by atoms with E-state index in [1.54, 1.807) is 0 Å². The van der Waals surface area contributed by atoms with Crippen LogP contribution in [0.15, 0.2) is 49.1 Å². The van der Waals surface area contributed by atoms with Crippen molar-refractivity contribution in [1.29, 1.82) is 0 Å². The highest BCUT2D eigenvalue weighted by Crippen LogP contribution is 2.33. The molecule has 0 spiro atoms. The van der Waals surface area contributed by atoms with E-state index >= 15 is 0 Å². The van der Waals surface area contributed by atoms with Crippen molar-refractivity contribution in [2.75, 3.05) is 0 Å². The maximum Gasteiger partial charge on any atom is -0.0132 e. The largest absolute Gasteiger partial charge is 0.0947 e. The third-order valence-electron chi connectivity index (χ3n) is 2.39. The third-order valence-corrected chi connectivity index (χ3v) is 2.39. The summed E-state index contributed by atoms with van der Waals surface area (Å²) < 4.78 is 0. The lowest BCUT2D eigenvalue weighted by Crippen LogP contribution is -2.09. The van der Waals surface area contributed by atoms with Gasteiger partial charge in [-0.15, -0.1) is 0 Å².